The van der Waals surface area contributed by atoms with Gasteiger partial charge in [0.2, 0.25) is 11.8 Å². The Hall–Kier alpha value is -4.08. The molecule has 10 nitrogen and oxygen atoms in total. The molecule has 1 aliphatic rings. The highest BCUT2D eigenvalue weighted by Crippen LogP contribution is 2.37. The van der Waals surface area contributed by atoms with Gasteiger partial charge in [-0.15, -0.1) is 0 Å². The van der Waals surface area contributed by atoms with Crippen LogP contribution in [-0.2, 0) is 19.1 Å². The van der Waals surface area contributed by atoms with Gasteiger partial charge in [-0.05, 0) is 82.7 Å². The number of aromatic hydroxyl groups is 1. The number of alkyl carbamates (subject to hydrolysis) is 1. The van der Waals surface area contributed by atoms with Gasteiger partial charge < -0.3 is 31.1 Å². The van der Waals surface area contributed by atoms with Crippen molar-refractivity contribution >= 4 is 29.5 Å². The van der Waals surface area contributed by atoms with Gasteiger partial charge in [-0.25, -0.2) is 4.79 Å². The number of hydrogen-bond donors (Lipinski definition) is 4. The molecule has 0 radical (unpaired) electrons. The van der Waals surface area contributed by atoms with Gasteiger partial charge in [0.15, 0.2) is 0 Å². The van der Waals surface area contributed by atoms with E-state index in [1.807, 2.05) is 32.0 Å². The summed E-state index contributed by atoms with van der Waals surface area (Å²) >= 11 is 0. The Balaban J connectivity index is 2.02. The van der Waals surface area contributed by atoms with E-state index in [1.165, 1.54) is 17.0 Å². The van der Waals surface area contributed by atoms with Crippen LogP contribution in [-0.4, -0.2) is 51.5 Å². The maximum absolute atomic E-state index is 14.1. The SMILES string of the molecule is Cc1cccc(C)c1NC(=O)C(c1cccc(O)c1)N(C(=O)C(CCC(N)=O)NC(=O)OC(C)(C)C)C1CC1. The van der Waals surface area contributed by atoms with Crippen LogP contribution < -0.4 is 16.4 Å². The second kappa shape index (κ2) is 12.2. The van der Waals surface area contributed by atoms with E-state index in [4.69, 9.17) is 10.5 Å². The monoisotopic (exact) mass is 538 g/mol. The lowest BCUT2D eigenvalue weighted by molar-refractivity contribution is -0.141. The molecule has 1 fully saturated rings. The molecule has 0 aromatic heterocycles. The number of carbonyl (C=O) groups excluding carboxylic acids is 4. The first-order chi connectivity index (χ1) is 18.3. The van der Waals surface area contributed by atoms with Crippen molar-refractivity contribution < 1.29 is 29.0 Å². The van der Waals surface area contributed by atoms with Gasteiger partial charge in [0, 0.05) is 18.2 Å². The summed E-state index contributed by atoms with van der Waals surface area (Å²) in [6.07, 6.45) is 0.271. The molecule has 0 saturated heterocycles. The number of nitrogens with one attached hydrogen (secondary N) is 2. The average Bonchev–Trinajstić information content (AvgIpc) is 3.66. The molecule has 2 unspecified atom stereocenters. The number of phenolic OH excluding ortho intramolecular Hbond substituents is 1. The smallest absolute Gasteiger partial charge is 0.408 e. The molecule has 2 atom stereocenters. The Morgan fingerprint density at radius 1 is 1.08 bits per heavy atom. The molecule has 2 aromatic carbocycles. The summed E-state index contributed by atoms with van der Waals surface area (Å²) < 4.78 is 5.35. The van der Waals surface area contributed by atoms with Gasteiger partial charge in [0.1, 0.15) is 23.4 Å². The van der Waals surface area contributed by atoms with Gasteiger partial charge in [0.25, 0.3) is 5.91 Å². The number of para-hydroxylation sites is 1. The van der Waals surface area contributed by atoms with Gasteiger partial charge >= 0.3 is 6.09 Å². The number of nitrogens with zero attached hydrogens (tertiary/aromatic N) is 1. The quantitative estimate of drug-likeness (QED) is 0.361. The first-order valence-corrected chi connectivity index (χ1v) is 13.0. The molecular weight excluding hydrogens is 500 g/mol. The number of rotatable bonds is 10. The van der Waals surface area contributed by atoms with Crippen molar-refractivity contribution in [3.8, 4) is 5.75 Å². The molecule has 39 heavy (non-hydrogen) atoms. The predicted molar refractivity (Wildman–Crippen MR) is 147 cm³/mol. The molecule has 0 heterocycles. The van der Waals surface area contributed by atoms with Crippen LogP contribution in [0.4, 0.5) is 10.5 Å². The van der Waals surface area contributed by atoms with Crippen molar-refractivity contribution in [2.24, 2.45) is 5.73 Å². The van der Waals surface area contributed by atoms with E-state index < -0.39 is 41.5 Å². The Morgan fingerprint density at radius 3 is 2.23 bits per heavy atom. The van der Waals surface area contributed by atoms with E-state index in [9.17, 15) is 24.3 Å². The molecular formula is C29H38N4O6. The summed E-state index contributed by atoms with van der Waals surface area (Å²) in [5, 5.41) is 15.8. The van der Waals surface area contributed by atoms with Gasteiger partial charge in [-0.2, -0.15) is 0 Å². The maximum atomic E-state index is 14.1. The maximum Gasteiger partial charge on any atom is 0.408 e. The van der Waals surface area contributed by atoms with Crippen molar-refractivity contribution in [2.45, 2.75) is 84.0 Å². The normalized spacial score (nSPS) is 14.6. The second-order valence-electron chi connectivity index (χ2n) is 10.9. The largest absolute Gasteiger partial charge is 0.508 e. The molecule has 3 rings (SSSR count). The number of phenols is 1. The standard InChI is InChI=1S/C29H38N4O6/c1-17-8-6-9-18(2)24(17)32-26(36)25(19-10-7-11-21(34)16-19)33(20-12-13-20)27(37)22(14-15-23(30)35)31-28(38)39-29(3,4)5/h6-11,16,20,22,25,34H,12-15H2,1-5H3,(H2,30,35)(H,31,38)(H,32,36). The zero-order chi connectivity index (χ0) is 28.9. The average molecular weight is 539 g/mol. The Morgan fingerprint density at radius 2 is 1.69 bits per heavy atom. The Kier molecular flexibility index (Phi) is 9.21. The third-order valence-corrected chi connectivity index (χ3v) is 6.31. The van der Waals surface area contributed by atoms with E-state index >= 15 is 0 Å². The molecule has 2 aromatic rings. The van der Waals surface area contributed by atoms with Crippen molar-refractivity contribution in [3.05, 3.63) is 59.2 Å². The van der Waals surface area contributed by atoms with Crippen LogP contribution in [0.25, 0.3) is 0 Å². The highest BCUT2D eigenvalue weighted by atomic mass is 16.6. The topological polar surface area (TPSA) is 151 Å². The lowest BCUT2D eigenvalue weighted by atomic mass is 10.00. The molecule has 0 aliphatic heterocycles. The van der Waals surface area contributed by atoms with E-state index in [0.29, 0.717) is 24.1 Å². The number of hydrogen-bond acceptors (Lipinski definition) is 6. The number of anilines is 1. The second-order valence-corrected chi connectivity index (χ2v) is 10.9. The zero-order valence-electron chi connectivity index (χ0n) is 23.1. The lowest BCUT2D eigenvalue weighted by Crippen LogP contribution is -2.53. The minimum absolute atomic E-state index is 0.0577. The molecule has 0 spiro atoms. The van der Waals surface area contributed by atoms with Crippen molar-refractivity contribution in [1.82, 2.24) is 10.2 Å². The molecule has 1 saturated carbocycles. The van der Waals surface area contributed by atoms with E-state index in [2.05, 4.69) is 10.6 Å². The number of benzene rings is 2. The number of primary amides is 1. The number of carbonyl (C=O) groups is 4. The predicted octanol–water partition coefficient (Wildman–Crippen LogP) is 3.84. The number of nitrogens with two attached hydrogens (primary N) is 1. The van der Waals surface area contributed by atoms with Gasteiger partial charge in [-0.3, -0.25) is 14.4 Å². The molecule has 210 valence electrons. The Labute approximate surface area is 228 Å². The molecule has 1 aliphatic carbocycles. The summed E-state index contributed by atoms with van der Waals surface area (Å²) in [5.41, 5.74) is 7.29. The number of ether oxygens (including phenoxy) is 1. The van der Waals surface area contributed by atoms with Crippen LogP contribution in [0.5, 0.6) is 5.75 Å². The summed E-state index contributed by atoms with van der Waals surface area (Å²) in [7, 11) is 0. The van der Waals surface area contributed by atoms with E-state index in [0.717, 1.165) is 11.1 Å². The van der Waals surface area contributed by atoms with Gasteiger partial charge in [0.05, 0.1) is 0 Å². The van der Waals surface area contributed by atoms with Gasteiger partial charge in [-0.1, -0.05) is 30.3 Å². The van der Waals surface area contributed by atoms with Crippen LogP contribution in [0.15, 0.2) is 42.5 Å². The van der Waals surface area contributed by atoms with Crippen LogP contribution in [0.1, 0.15) is 69.2 Å². The summed E-state index contributed by atoms with van der Waals surface area (Å²) in [4.78, 5) is 53.7. The molecule has 5 N–H and O–H groups in total. The number of aryl methyl sites for hydroxylation is 2. The summed E-state index contributed by atoms with van der Waals surface area (Å²) in [5.74, 6) is -1.70. The van der Waals surface area contributed by atoms with Crippen LogP contribution >= 0.6 is 0 Å². The number of amides is 4. The van der Waals surface area contributed by atoms with Crippen molar-refractivity contribution in [1.29, 1.82) is 0 Å². The highest BCUT2D eigenvalue weighted by Gasteiger charge is 2.44. The van der Waals surface area contributed by atoms with E-state index in [-0.39, 0.29) is 24.6 Å². The minimum atomic E-state index is -1.17. The third-order valence-electron chi connectivity index (χ3n) is 6.31. The minimum Gasteiger partial charge on any atom is -0.508 e. The van der Waals surface area contributed by atoms with E-state index in [1.54, 1.807) is 32.9 Å². The van der Waals surface area contributed by atoms with Crippen molar-refractivity contribution in [2.75, 3.05) is 5.32 Å². The first kappa shape index (κ1) is 29.5. The Bertz CT molecular complexity index is 1210. The van der Waals surface area contributed by atoms with Crippen LogP contribution in [0.3, 0.4) is 0 Å². The third kappa shape index (κ3) is 8.20. The fourth-order valence-corrected chi connectivity index (χ4v) is 4.38. The van der Waals surface area contributed by atoms with Crippen molar-refractivity contribution in [3.63, 3.8) is 0 Å². The first-order valence-electron chi connectivity index (χ1n) is 13.0. The summed E-state index contributed by atoms with van der Waals surface area (Å²) in [6.45, 7) is 8.83. The molecule has 0 bridgehead atoms. The highest BCUT2D eigenvalue weighted by molar-refractivity contribution is 6.00. The lowest BCUT2D eigenvalue weighted by Gasteiger charge is -2.35. The van der Waals surface area contributed by atoms with Crippen LogP contribution in [0, 0.1) is 13.8 Å². The van der Waals surface area contributed by atoms with Crippen LogP contribution in [0.2, 0.25) is 0 Å². The fraction of sp³-hybridized carbons (Fsp3) is 0.448. The molecule has 10 heteroatoms. The summed E-state index contributed by atoms with van der Waals surface area (Å²) in [6, 6.07) is 9.27. The zero-order valence-corrected chi connectivity index (χ0v) is 23.1. The molecule has 4 amide bonds. The fourth-order valence-electron chi connectivity index (χ4n) is 4.38.